The van der Waals surface area contributed by atoms with Crippen molar-refractivity contribution in [2.75, 3.05) is 14.2 Å². The van der Waals surface area contributed by atoms with Gasteiger partial charge in [-0.25, -0.2) is 0 Å². The van der Waals surface area contributed by atoms with Crippen LogP contribution in [0.5, 0.6) is 5.75 Å². The zero-order valence-electron chi connectivity index (χ0n) is 7.45. The largest absolute Gasteiger partial charge is 0.496 e. The SMILES string of the molecule is CO/N=C/c1c(Br)cccc1OC. The number of rotatable bonds is 3. The monoisotopic (exact) mass is 243 g/mol. The molecule has 13 heavy (non-hydrogen) atoms. The first kappa shape index (κ1) is 10.1. The minimum atomic E-state index is 0.759. The second-order valence-electron chi connectivity index (χ2n) is 2.27. The van der Waals surface area contributed by atoms with Gasteiger partial charge in [-0.05, 0) is 28.1 Å². The molecule has 1 aromatic rings. The second kappa shape index (κ2) is 4.87. The lowest BCUT2D eigenvalue weighted by Crippen LogP contribution is -1.91. The zero-order valence-corrected chi connectivity index (χ0v) is 9.04. The second-order valence-corrected chi connectivity index (χ2v) is 3.13. The van der Waals surface area contributed by atoms with Crippen LogP contribution >= 0.6 is 15.9 Å². The first-order valence-electron chi connectivity index (χ1n) is 3.68. The van der Waals surface area contributed by atoms with Crippen LogP contribution < -0.4 is 4.74 Å². The Labute approximate surface area is 85.5 Å². The van der Waals surface area contributed by atoms with Crippen molar-refractivity contribution in [2.45, 2.75) is 0 Å². The quantitative estimate of drug-likeness (QED) is 0.604. The molecule has 0 aliphatic carbocycles. The molecule has 4 heteroatoms. The van der Waals surface area contributed by atoms with E-state index >= 15 is 0 Å². The van der Waals surface area contributed by atoms with E-state index < -0.39 is 0 Å². The summed E-state index contributed by atoms with van der Waals surface area (Å²) in [6.07, 6.45) is 1.60. The van der Waals surface area contributed by atoms with Gasteiger partial charge in [0.1, 0.15) is 12.9 Å². The summed E-state index contributed by atoms with van der Waals surface area (Å²) >= 11 is 3.39. The summed E-state index contributed by atoms with van der Waals surface area (Å²) in [4.78, 5) is 4.59. The topological polar surface area (TPSA) is 30.8 Å². The molecule has 1 rings (SSSR count). The fourth-order valence-electron chi connectivity index (χ4n) is 0.926. The third-order valence-electron chi connectivity index (χ3n) is 1.52. The fourth-order valence-corrected chi connectivity index (χ4v) is 1.38. The molecular formula is C9H10BrNO2. The molecule has 0 bridgehead atoms. The molecule has 0 fully saturated rings. The zero-order chi connectivity index (χ0) is 9.68. The molecule has 0 spiro atoms. The van der Waals surface area contributed by atoms with Crippen molar-refractivity contribution in [1.82, 2.24) is 0 Å². The average molecular weight is 244 g/mol. The lowest BCUT2D eigenvalue weighted by Gasteiger charge is -2.04. The predicted octanol–water partition coefficient (Wildman–Crippen LogP) is 2.44. The van der Waals surface area contributed by atoms with Gasteiger partial charge in [0.05, 0.1) is 18.9 Å². The van der Waals surface area contributed by atoms with Crippen molar-refractivity contribution in [3.63, 3.8) is 0 Å². The van der Waals surface area contributed by atoms with E-state index in [1.165, 1.54) is 7.11 Å². The first-order chi connectivity index (χ1) is 6.29. The van der Waals surface area contributed by atoms with Gasteiger partial charge in [0.25, 0.3) is 0 Å². The van der Waals surface area contributed by atoms with Gasteiger partial charge in [0.15, 0.2) is 0 Å². The van der Waals surface area contributed by atoms with Gasteiger partial charge in [-0.3, -0.25) is 0 Å². The predicted molar refractivity (Wildman–Crippen MR) is 55.3 cm³/mol. The number of hydrogen-bond donors (Lipinski definition) is 0. The van der Waals surface area contributed by atoms with E-state index in [0.717, 1.165) is 15.8 Å². The Morgan fingerprint density at radius 1 is 1.38 bits per heavy atom. The normalized spacial score (nSPS) is 10.4. The maximum Gasteiger partial charge on any atom is 0.128 e. The van der Waals surface area contributed by atoms with E-state index in [0.29, 0.717) is 0 Å². The van der Waals surface area contributed by atoms with Gasteiger partial charge in [0.2, 0.25) is 0 Å². The van der Waals surface area contributed by atoms with E-state index in [-0.39, 0.29) is 0 Å². The van der Waals surface area contributed by atoms with Crippen molar-refractivity contribution < 1.29 is 9.57 Å². The van der Waals surface area contributed by atoms with Gasteiger partial charge in [-0.2, -0.15) is 0 Å². The van der Waals surface area contributed by atoms with Crippen LogP contribution in [0.2, 0.25) is 0 Å². The van der Waals surface area contributed by atoms with Gasteiger partial charge in [-0.1, -0.05) is 11.2 Å². The molecule has 0 radical (unpaired) electrons. The van der Waals surface area contributed by atoms with E-state index in [4.69, 9.17) is 4.74 Å². The molecule has 0 amide bonds. The molecule has 0 N–H and O–H groups in total. The van der Waals surface area contributed by atoms with Crippen LogP contribution in [-0.2, 0) is 4.84 Å². The maximum absolute atomic E-state index is 5.15. The average Bonchev–Trinajstić information content (AvgIpc) is 2.15. The molecule has 3 nitrogen and oxygen atoms in total. The van der Waals surface area contributed by atoms with Crippen LogP contribution in [0.25, 0.3) is 0 Å². The van der Waals surface area contributed by atoms with E-state index in [1.807, 2.05) is 18.2 Å². The highest BCUT2D eigenvalue weighted by Crippen LogP contribution is 2.24. The molecule has 0 unspecified atom stereocenters. The summed E-state index contributed by atoms with van der Waals surface area (Å²) in [5, 5.41) is 3.68. The van der Waals surface area contributed by atoms with Crippen LogP contribution in [0.4, 0.5) is 0 Å². The first-order valence-corrected chi connectivity index (χ1v) is 4.48. The number of hydrogen-bond acceptors (Lipinski definition) is 3. The van der Waals surface area contributed by atoms with Crippen LogP contribution in [0.3, 0.4) is 0 Å². The molecule has 0 atom stereocenters. The van der Waals surface area contributed by atoms with E-state index in [9.17, 15) is 0 Å². The standard InChI is InChI=1S/C9H10BrNO2/c1-12-9-5-3-4-8(10)7(9)6-11-13-2/h3-6H,1-2H3/b11-6+. The summed E-state index contributed by atoms with van der Waals surface area (Å²) in [5.41, 5.74) is 0.867. The summed E-state index contributed by atoms with van der Waals surface area (Å²) < 4.78 is 6.07. The maximum atomic E-state index is 5.15. The lowest BCUT2D eigenvalue weighted by molar-refractivity contribution is 0.215. The van der Waals surface area contributed by atoms with Gasteiger partial charge >= 0.3 is 0 Å². The molecule has 1 aromatic carbocycles. The smallest absolute Gasteiger partial charge is 0.128 e. The van der Waals surface area contributed by atoms with Gasteiger partial charge < -0.3 is 9.57 Å². The number of benzene rings is 1. The Balaban J connectivity index is 3.07. The number of ether oxygens (including phenoxy) is 1. The fraction of sp³-hybridized carbons (Fsp3) is 0.222. The highest BCUT2D eigenvalue weighted by Gasteiger charge is 2.03. The number of methoxy groups -OCH3 is 1. The Morgan fingerprint density at radius 2 is 2.15 bits per heavy atom. The molecule has 0 saturated heterocycles. The lowest BCUT2D eigenvalue weighted by atomic mass is 10.2. The van der Waals surface area contributed by atoms with Crippen molar-refractivity contribution in [3.05, 3.63) is 28.2 Å². The summed E-state index contributed by atoms with van der Waals surface area (Å²) in [6, 6.07) is 5.67. The molecule has 70 valence electrons. The minimum Gasteiger partial charge on any atom is -0.496 e. The minimum absolute atomic E-state index is 0.759. The third kappa shape index (κ3) is 2.45. The Morgan fingerprint density at radius 3 is 2.77 bits per heavy atom. The highest BCUT2D eigenvalue weighted by atomic mass is 79.9. The molecular weight excluding hydrogens is 234 g/mol. The van der Waals surface area contributed by atoms with E-state index in [1.54, 1.807) is 13.3 Å². The van der Waals surface area contributed by atoms with E-state index in [2.05, 4.69) is 25.9 Å². The highest BCUT2D eigenvalue weighted by molar-refractivity contribution is 9.10. The number of oxime groups is 1. The van der Waals surface area contributed by atoms with Crippen LogP contribution in [0, 0.1) is 0 Å². The Hall–Kier alpha value is -1.03. The number of halogens is 1. The van der Waals surface area contributed by atoms with Crippen molar-refractivity contribution in [2.24, 2.45) is 5.16 Å². The summed E-state index contributed by atoms with van der Waals surface area (Å²) in [7, 11) is 3.12. The van der Waals surface area contributed by atoms with Gasteiger partial charge in [0, 0.05) is 4.47 Å². The summed E-state index contributed by atoms with van der Waals surface area (Å²) in [5.74, 6) is 0.759. The molecule has 0 aliphatic heterocycles. The third-order valence-corrected chi connectivity index (χ3v) is 2.21. The Kier molecular flexibility index (Phi) is 3.76. The van der Waals surface area contributed by atoms with Crippen molar-refractivity contribution in [3.8, 4) is 5.75 Å². The van der Waals surface area contributed by atoms with Crippen LogP contribution in [0.1, 0.15) is 5.56 Å². The van der Waals surface area contributed by atoms with Crippen LogP contribution in [-0.4, -0.2) is 20.4 Å². The molecule has 0 saturated carbocycles. The van der Waals surface area contributed by atoms with Crippen LogP contribution in [0.15, 0.2) is 27.8 Å². The van der Waals surface area contributed by atoms with Gasteiger partial charge in [-0.15, -0.1) is 0 Å². The molecule has 0 heterocycles. The Bertz CT molecular complexity index is 312. The van der Waals surface area contributed by atoms with Crippen molar-refractivity contribution >= 4 is 22.1 Å². The number of nitrogens with zero attached hydrogens (tertiary/aromatic N) is 1. The summed E-state index contributed by atoms with van der Waals surface area (Å²) in [6.45, 7) is 0. The molecule has 0 aliphatic rings. The van der Waals surface area contributed by atoms with Crippen molar-refractivity contribution in [1.29, 1.82) is 0 Å². The molecule has 0 aromatic heterocycles.